The maximum atomic E-state index is 12.3. The standard InChI is InChI=1S/C21H18Cl2N2O3/c22-18-7-2-8-19(23)17(18)11-20(26)24-12-14-4-1-5-15(10-14)21(27)25-13-16-6-3-9-28-16/h1-10H,11-13H2,(H,24,26)(H,25,27). The van der Waals surface area contributed by atoms with Gasteiger partial charge in [-0.05, 0) is 47.5 Å². The number of carbonyl (C=O) groups is 2. The number of rotatable bonds is 7. The van der Waals surface area contributed by atoms with Crippen molar-refractivity contribution in [1.82, 2.24) is 10.6 Å². The van der Waals surface area contributed by atoms with Crippen LogP contribution in [0.1, 0.15) is 27.2 Å². The number of halogens is 2. The highest BCUT2D eigenvalue weighted by atomic mass is 35.5. The summed E-state index contributed by atoms with van der Waals surface area (Å²) in [6.07, 6.45) is 1.64. The molecule has 5 nitrogen and oxygen atoms in total. The molecule has 2 amide bonds. The van der Waals surface area contributed by atoms with Gasteiger partial charge in [0.2, 0.25) is 5.91 Å². The van der Waals surface area contributed by atoms with Gasteiger partial charge in [0.15, 0.2) is 0 Å². The van der Waals surface area contributed by atoms with Crippen LogP contribution in [0.3, 0.4) is 0 Å². The second kappa shape index (κ2) is 9.44. The van der Waals surface area contributed by atoms with Gasteiger partial charge < -0.3 is 15.1 Å². The summed E-state index contributed by atoms with van der Waals surface area (Å²) in [5.74, 6) is 0.255. The van der Waals surface area contributed by atoms with Crippen LogP contribution >= 0.6 is 23.2 Å². The van der Waals surface area contributed by atoms with Crippen molar-refractivity contribution in [2.75, 3.05) is 0 Å². The molecule has 3 aromatic rings. The van der Waals surface area contributed by atoms with E-state index in [-0.39, 0.29) is 18.2 Å². The van der Waals surface area contributed by atoms with Gasteiger partial charge in [0.1, 0.15) is 5.76 Å². The Morgan fingerprint density at radius 1 is 0.893 bits per heavy atom. The molecular weight excluding hydrogens is 399 g/mol. The molecule has 7 heteroatoms. The molecule has 1 aromatic heterocycles. The maximum absolute atomic E-state index is 12.3. The summed E-state index contributed by atoms with van der Waals surface area (Å²) >= 11 is 12.2. The van der Waals surface area contributed by atoms with E-state index in [0.29, 0.717) is 40.0 Å². The van der Waals surface area contributed by atoms with Crippen molar-refractivity contribution in [3.05, 3.63) is 93.4 Å². The molecule has 0 atom stereocenters. The summed E-state index contributed by atoms with van der Waals surface area (Å²) in [4.78, 5) is 24.5. The number of hydrogen-bond donors (Lipinski definition) is 2. The highest BCUT2D eigenvalue weighted by molar-refractivity contribution is 6.36. The van der Waals surface area contributed by atoms with E-state index >= 15 is 0 Å². The summed E-state index contributed by atoms with van der Waals surface area (Å²) in [6, 6.07) is 15.7. The fourth-order valence-electron chi connectivity index (χ4n) is 2.63. The third-order valence-corrected chi connectivity index (χ3v) is 4.79. The lowest BCUT2D eigenvalue weighted by atomic mass is 10.1. The topological polar surface area (TPSA) is 71.3 Å². The van der Waals surface area contributed by atoms with Crippen LogP contribution < -0.4 is 10.6 Å². The molecular formula is C21H18Cl2N2O3. The van der Waals surface area contributed by atoms with Crippen LogP contribution in [0.2, 0.25) is 10.0 Å². The molecule has 144 valence electrons. The second-order valence-electron chi connectivity index (χ2n) is 6.12. The highest BCUT2D eigenvalue weighted by Crippen LogP contribution is 2.24. The SMILES string of the molecule is O=C(Cc1c(Cl)cccc1Cl)NCc1cccc(C(=O)NCc2ccco2)c1. The van der Waals surface area contributed by atoms with E-state index < -0.39 is 0 Å². The molecule has 28 heavy (non-hydrogen) atoms. The van der Waals surface area contributed by atoms with Gasteiger partial charge in [-0.1, -0.05) is 41.4 Å². The zero-order valence-corrected chi connectivity index (χ0v) is 16.4. The Balaban J connectivity index is 1.55. The first-order chi connectivity index (χ1) is 13.5. The lowest BCUT2D eigenvalue weighted by molar-refractivity contribution is -0.120. The van der Waals surface area contributed by atoms with Crippen LogP contribution in [0.15, 0.2) is 65.3 Å². The maximum Gasteiger partial charge on any atom is 0.251 e. The van der Waals surface area contributed by atoms with Crippen LogP contribution in [-0.2, 0) is 24.3 Å². The van der Waals surface area contributed by atoms with Gasteiger partial charge in [0.05, 0.1) is 19.2 Å². The Bertz CT molecular complexity index is 951. The summed E-state index contributed by atoms with van der Waals surface area (Å²) in [6.45, 7) is 0.603. The molecule has 0 aliphatic rings. The predicted molar refractivity (Wildman–Crippen MR) is 108 cm³/mol. The van der Waals surface area contributed by atoms with E-state index in [1.165, 1.54) is 0 Å². The minimum absolute atomic E-state index is 0.0851. The molecule has 0 saturated heterocycles. The summed E-state index contributed by atoms with van der Waals surface area (Å²) in [7, 11) is 0. The molecule has 0 radical (unpaired) electrons. The summed E-state index contributed by atoms with van der Waals surface area (Å²) in [5, 5.41) is 6.52. The Morgan fingerprint density at radius 2 is 1.64 bits per heavy atom. The van der Waals surface area contributed by atoms with Crippen LogP contribution in [0.4, 0.5) is 0 Å². The number of benzene rings is 2. The quantitative estimate of drug-likeness (QED) is 0.600. The Labute approximate surface area is 172 Å². The average molecular weight is 417 g/mol. The van der Waals surface area contributed by atoms with Crippen molar-refractivity contribution < 1.29 is 14.0 Å². The van der Waals surface area contributed by atoms with Crippen LogP contribution in [0.25, 0.3) is 0 Å². The van der Waals surface area contributed by atoms with E-state index in [1.807, 2.05) is 6.07 Å². The fourth-order valence-corrected chi connectivity index (χ4v) is 3.16. The largest absolute Gasteiger partial charge is 0.467 e. The minimum Gasteiger partial charge on any atom is -0.467 e. The van der Waals surface area contributed by atoms with Crippen molar-refractivity contribution in [2.45, 2.75) is 19.5 Å². The zero-order valence-electron chi connectivity index (χ0n) is 14.9. The van der Waals surface area contributed by atoms with Gasteiger partial charge in [-0.25, -0.2) is 0 Å². The number of hydrogen-bond acceptors (Lipinski definition) is 3. The van der Waals surface area contributed by atoms with Crippen LogP contribution in [-0.4, -0.2) is 11.8 Å². The zero-order chi connectivity index (χ0) is 19.9. The molecule has 0 aliphatic heterocycles. The normalized spacial score (nSPS) is 10.5. The van der Waals surface area contributed by atoms with Gasteiger partial charge in [-0.3, -0.25) is 9.59 Å². The van der Waals surface area contributed by atoms with Crippen molar-refractivity contribution in [1.29, 1.82) is 0 Å². The van der Waals surface area contributed by atoms with Gasteiger partial charge in [-0.15, -0.1) is 0 Å². The number of nitrogens with one attached hydrogen (secondary N) is 2. The van der Waals surface area contributed by atoms with E-state index in [0.717, 1.165) is 5.56 Å². The Hall–Kier alpha value is -2.76. The summed E-state index contributed by atoms with van der Waals surface area (Å²) in [5.41, 5.74) is 1.91. The van der Waals surface area contributed by atoms with Gasteiger partial charge in [-0.2, -0.15) is 0 Å². The molecule has 3 rings (SSSR count). The van der Waals surface area contributed by atoms with Crippen LogP contribution in [0.5, 0.6) is 0 Å². The second-order valence-corrected chi connectivity index (χ2v) is 6.93. The van der Waals surface area contributed by atoms with Gasteiger partial charge in [0, 0.05) is 22.2 Å². The predicted octanol–water partition coefficient (Wildman–Crippen LogP) is 4.38. The Morgan fingerprint density at radius 3 is 2.36 bits per heavy atom. The van der Waals surface area contributed by atoms with Crippen molar-refractivity contribution >= 4 is 35.0 Å². The number of carbonyl (C=O) groups excluding carboxylic acids is 2. The molecule has 1 heterocycles. The van der Waals surface area contributed by atoms with E-state index in [1.54, 1.807) is 54.8 Å². The number of amides is 2. The first kappa shape index (κ1) is 20.0. The van der Waals surface area contributed by atoms with Crippen molar-refractivity contribution in [3.63, 3.8) is 0 Å². The molecule has 0 bridgehead atoms. The monoisotopic (exact) mass is 416 g/mol. The van der Waals surface area contributed by atoms with E-state index in [2.05, 4.69) is 10.6 Å². The van der Waals surface area contributed by atoms with E-state index in [4.69, 9.17) is 27.6 Å². The van der Waals surface area contributed by atoms with E-state index in [9.17, 15) is 9.59 Å². The molecule has 0 aliphatic carbocycles. The molecule has 0 fully saturated rings. The third-order valence-electron chi connectivity index (χ3n) is 4.08. The first-order valence-electron chi connectivity index (χ1n) is 8.62. The first-order valence-corrected chi connectivity index (χ1v) is 9.37. The van der Waals surface area contributed by atoms with Crippen molar-refractivity contribution in [3.8, 4) is 0 Å². The van der Waals surface area contributed by atoms with Crippen LogP contribution in [0, 0.1) is 0 Å². The third kappa shape index (κ3) is 5.38. The molecule has 2 aromatic carbocycles. The minimum atomic E-state index is -0.215. The molecule has 0 saturated carbocycles. The molecule has 0 spiro atoms. The van der Waals surface area contributed by atoms with Gasteiger partial charge >= 0.3 is 0 Å². The smallest absolute Gasteiger partial charge is 0.251 e. The lowest BCUT2D eigenvalue weighted by Gasteiger charge is -2.09. The fraction of sp³-hybridized carbons (Fsp3) is 0.143. The average Bonchev–Trinajstić information content (AvgIpc) is 3.21. The molecule has 2 N–H and O–H groups in total. The summed E-state index contributed by atoms with van der Waals surface area (Å²) < 4.78 is 5.19. The number of furan rings is 1. The molecule has 0 unspecified atom stereocenters. The van der Waals surface area contributed by atoms with Gasteiger partial charge in [0.25, 0.3) is 5.91 Å². The highest BCUT2D eigenvalue weighted by Gasteiger charge is 2.11. The Kier molecular flexibility index (Phi) is 6.74. The lowest BCUT2D eigenvalue weighted by Crippen LogP contribution is -2.25. The van der Waals surface area contributed by atoms with Crippen molar-refractivity contribution in [2.24, 2.45) is 0 Å².